The van der Waals surface area contributed by atoms with Gasteiger partial charge in [0, 0.05) is 19.2 Å². The third-order valence-corrected chi connectivity index (χ3v) is 6.26. The minimum atomic E-state index is -0.103. The number of carbonyl (C=O) groups is 1. The molecule has 6 nitrogen and oxygen atoms in total. The summed E-state index contributed by atoms with van der Waals surface area (Å²) < 4.78 is 2.58. The normalized spacial score (nSPS) is 11.2. The van der Waals surface area contributed by atoms with E-state index in [0.717, 1.165) is 10.2 Å². The highest BCUT2D eigenvalue weighted by molar-refractivity contribution is 7.99. The van der Waals surface area contributed by atoms with Gasteiger partial charge in [-0.15, -0.1) is 0 Å². The summed E-state index contributed by atoms with van der Waals surface area (Å²) in [6, 6.07) is 13.3. The first kappa shape index (κ1) is 18.6. The van der Waals surface area contributed by atoms with Crippen molar-refractivity contribution in [3.63, 3.8) is 0 Å². The van der Waals surface area contributed by atoms with Crippen molar-refractivity contribution in [3.05, 3.63) is 58.4 Å². The van der Waals surface area contributed by atoms with Gasteiger partial charge >= 0.3 is 0 Å². The number of nitrogens with one attached hydrogen (secondary N) is 1. The van der Waals surface area contributed by atoms with Crippen molar-refractivity contribution >= 4 is 55.3 Å². The van der Waals surface area contributed by atoms with Gasteiger partial charge in [-0.2, -0.15) is 0 Å². The first-order valence-electron chi connectivity index (χ1n) is 8.77. The number of hydrogen-bond donors (Lipinski definition) is 1. The van der Waals surface area contributed by atoms with E-state index in [-0.39, 0.29) is 11.5 Å². The highest BCUT2D eigenvalue weighted by Crippen LogP contribution is 2.27. The molecule has 0 saturated heterocycles. The van der Waals surface area contributed by atoms with Crippen molar-refractivity contribution < 1.29 is 4.79 Å². The number of aryl methyl sites for hydroxylation is 1. The van der Waals surface area contributed by atoms with Crippen LogP contribution in [-0.4, -0.2) is 26.2 Å². The number of aromatic nitrogens is 3. The second-order valence-corrected chi connectivity index (χ2v) is 8.51. The number of thioether (sulfide) groups is 1. The zero-order valence-electron chi connectivity index (χ0n) is 15.4. The number of anilines is 1. The van der Waals surface area contributed by atoms with Crippen molar-refractivity contribution in [3.8, 4) is 0 Å². The predicted molar refractivity (Wildman–Crippen MR) is 115 cm³/mol. The smallest absolute Gasteiger partial charge is 0.261 e. The number of hydrogen-bond acceptors (Lipinski definition) is 6. The lowest BCUT2D eigenvalue weighted by molar-refractivity contribution is -0.115. The van der Waals surface area contributed by atoms with Gasteiger partial charge < -0.3 is 5.32 Å². The molecule has 0 aliphatic carbocycles. The number of nitrogens with zero attached hydrogens (tertiary/aromatic N) is 3. The molecule has 0 spiro atoms. The topological polar surface area (TPSA) is 76.9 Å². The Labute approximate surface area is 169 Å². The summed E-state index contributed by atoms with van der Waals surface area (Å²) in [6.45, 7) is 2.03. The lowest BCUT2D eigenvalue weighted by Gasteiger charge is -2.08. The van der Waals surface area contributed by atoms with Crippen LogP contribution in [0.25, 0.3) is 21.1 Å². The Morgan fingerprint density at radius 3 is 2.86 bits per heavy atom. The van der Waals surface area contributed by atoms with Crippen LogP contribution in [-0.2, 0) is 11.8 Å². The summed E-state index contributed by atoms with van der Waals surface area (Å²) in [5.41, 5.74) is 2.64. The molecular weight excluding hydrogens is 392 g/mol. The molecule has 0 atom stereocenters. The zero-order chi connectivity index (χ0) is 19.7. The van der Waals surface area contributed by atoms with Gasteiger partial charge in [0.25, 0.3) is 5.56 Å². The molecule has 28 heavy (non-hydrogen) atoms. The molecule has 0 aliphatic heterocycles. The van der Waals surface area contributed by atoms with Crippen LogP contribution in [0.15, 0.2) is 52.4 Å². The van der Waals surface area contributed by atoms with Crippen LogP contribution in [0, 0.1) is 6.92 Å². The maximum atomic E-state index is 12.4. The maximum Gasteiger partial charge on any atom is 0.261 e. The van der Waals surface area contributed by atoms with Gasteiger partial charge in [-0.1, -0.05) is 41.3 Å². The molecule has 142 valence electrons. The van der Waals surface area contributed by atoms with Crippen LogP contribution in [0.2, 0.25) is 0 Å². The molecular formula is C20H18N4O2S2. The molecule has 2 aromatic heterocycles. The fourth-order valence-corrected chi connectivity index (χ4v) is 4.72. The highest BCUT2D eigenvalue weighted by Gasteiger charge is 2.11. The first-order valence-corrected chi connectivity index (χ1v) is 10.6. The van der Waals surface area contributed by atoms with Crippen molar-refractivity contribution in [1.29, 1.82) is 0 Å². The van der Waals surface area contributed by atoms with Crippen LogP contribution in [0.1, 0.15) is 12.0 Å². The van der Waals surface area contributed by atoms with Crippen LogP contribution in [0.4, 0.5) is 5.13 Å². The number of amides is 1. The molecule has 4 rings (SSSR count). The van der Waals surface area contributed by atoms with E-state index < -0.39 is 0 Å². The number of benzene rings is 2. The monoisotopic (exact) mass is 410 g/mol. The Balaban J connectivity index is 1.40. The van der Waals surface area contributed by atoms with E-state index in [4.69, 9.17) is 0 Å². The lowest BCUT2D eigenvalue weighted by Crippen LogP contribution is -2.20. The molecule has 8 heteroatoms. The molecule has 0 aliphatic rings. The second kappa shape index (κ2) is 7.73. The molecule has 2 heterocycles. The van der Waals surface area contributed by atoms with Crippen molar-refractivity contribution in [2.45, 2.75) is 18.5 Å². The van der Waals surface area contributed by atoms with Gasteiger partial charge in [-0.3, -0.25) is 14.2 Å². The van der Waals surface area contributed by atoms with Gasteiger partial charge in [0.1, 0.15) is 0 Å². The number of thiazole rings is 1. The quantitative estimate of drug-likeness (QED) is 0.398. The number of para-hydroxylation sites is 1. The number of rotatable bonds is 5. The van der Waals surface area contributed by atoms with E-state index in [1.54, 1.807) is 13.1 Å². The molecule has 4 aromatic rings. The van der Waals surface area contributed by atoms with Gasteiger partial charge in [0.15, 0.2) is 10.3 Å². The molecule has 2 aromatic carbocycles. The standard InChI is InChI=1S/C20H18N4O2S2/c1-12-7-8-15-16(11-12)28-19(21-15)23-17(25)9-10-27-20-22-14-6-4-3-5-13(14)18(26)24(20)2/h3-8,11H,9-10H2,1-2H3,(H,21,23,25). The summed E-state index contributed by atoms with van der Waals surface area (Å²) >= 11 is 2.86. The van der Waals surface area contributed by atoms with Crippen LogP contribution in [0.3, 0.4) is 0 Å². The first-order chi connectivity index (χ1) is 13.5. The van der Waals surface area contributed by atoms with Gasteiger partial charge in [0.05, 0.1) is 21.1 Å². The third kappa shape index (κ3) is 3.79. The molecule has 0 radical (unpaired) electrons. The number of fused-ring (bicyclic) bond motifs is 2. The minimum Gasteiger partial charge on any atom is -0.302 e. The summed E-state index contributed by atoms with van der Waals surface area (Å²) in [5.74, 6) is 0.420. The fourth-order valence-electron chi connectivity index (χ4n) is 2.83. The molecule has 0 unspecified atom stereocenters. The lowest BCUT2D eigenvalue weighted by atomic mass is 10.2. The highest BCUT2D eigenvalue weighted by atomic mass is 32.2. The van der Waals surface area contributed by atoms with Crippen LogP contribution >= 0.6 is 23.1 Å². The Kier molecular flexibility index (Phi) is 5.15. The molecule has 1 amide bonds. The predicted octanol–water partition coefficient (Wildman–Crippen LogP) is 3.97. The molecule has 0 bridgehead atoms. The van der Waals surface area contributed by atoms with Crippen molar-refractivity contribution in [2.24, 2.45) is 7.05 Å². The average molecular weight is 411 g/mol. The SMILES string of the molecule is Cc1ccc2nc(NC(=O)CCSc3nc4ccccc4c(=O)n3C)sc2c1. The van der Waals surface area contributed by atoms with Crippen molar-refractivity contribution in [2.75, 3.05) is 11.1 Å². The van der Waals surface area contributed by atoms with Crippen LogP contribution in [0.5, 0.6) is 0 Å². The van der Waals surface area contributed by atoms with Gasteiger partial charge in [-0.25, -0.2) is 9.97 Å². The summed E-state index contributed by atoms with van der Waals surface area (Å²) in [6.07, 6.45) is 0.308. The number of carbonyl (C=O) groups excluding carboxylic acids is 1. The van der Waals surface area contributed by atoms with Gasteiger partial charge in [0.2, 0.25) is 5.91 Å². The van der Waals surface area contributed by atoms with E-state index in [9.17, 15) is 9.59 Å². The summed E-state index contributed by atoms with van der Waals surface area (Å²) in [4.78, 5) is 33.7. The average Bonchev–Trinajstić information content (AvgIpc) is 3.06. The Morgan fingerprint density at radius 1 is 1.18 bits per heavy atom. The molecule has 0 fully saturated rings. The van der Waals surface area contributed by atoms with E-state index in [0.29, 0.717) is 33.4 Å². The molecule has 1 N–H and O–H groups in total. The Morgan fingerprint density at radius 2 is 2.00 bits per heavy atom. The van der Waals surface area contributed by atoms with E-state index in [2.05, 4.69) is 21.4 Å². The summed E-state index contributed by atoms with van der Waals surface area (Å²) in [7, 11) is 1.70. The Bertz CT molecular complexity index is 1250. The van der Waals surface area contributed by atoms with Crippen LogP contribution < -0.4 is 10.9 Å². The summed E-state index contributed by atoms with van der Waals surface area (Å²) in [5, 5.41) is 4.66. The zero-order valence-corrected chi connectivity index (χ0v) is 17.1. The molecule has 0 saturated carbocycles. The fraction of sp³-hybridized carbons (Fsp3) is 0.200. The van der Waals surface area contributed by atoms with Gasteiger partial charge in [-0.05, 0) is 36.8 Å². The Hall–Kier alpha value is -2.71. The largest absolute Gasteiger partial charge is 0.302 e. The van der Waals surface area contributed by atoms with E-state index in [1.165, 1.54) is 33.2 Å². The second-order valence-electron chi connectivity index (χ2n) is 6.41. The van der Waals surface area contributed by atoms with E-state index in [1.807, 2.05) is 37.3 Å². The van der Waals surface area contributed by atoms with E-state index >= 15 is 0 Å². The minimum absolute atomic E-state index is 0.0812. The van der Waals surface area contributed by atoms with Crippen molar-refractivity contribution in [1.82, 2.24) is 14.5 Å². The maximum absolute atomic E-state index is 12.4. The third-order valence-electron chi connectivity index (χ3n) is 4.29.